The van der Waals surface area contributed by atoms with Crippen molar-refractivity contribution in [2.45, 2.75) is 42.7 Å². The van der Waals surface area contributed by atoms with Gasteiger partial charge in [0.15, 0.2) is 11.6 Å². The number of ether oxygens (including phenoxy) is 1. The number of amides is 2. The molecule has 0 bridgehead atoms. The van der Waals surface area contributed by atoms with E-state index in [1.807, 2.05) is 0 Å². The standard InChI is InChI=1S/C22H25F2N3O5S/c1-25-22(29)20(13-7-9-16(23)17(24)11-13)26-21(28)14-8-10-18(32-2)19(12-14)33(30,31)27-15-5-3-4-6-15/h7-12,15,20,27H,3-6H2,1-2H3,(H,25,29)(H,26,28). The van der Waals surface area contributed by atoms with Crippen LogP contribution in [-0.2, 0) is 14.8 Å². The Bertz CT molecular complexity index is 1150. The largest absolute Gasteiger partial charge is 0.495 e. The molecule has 1 unspecified atom stereocenters. The Balaban J connectivity index is 1.91. The first-order chi connectivity index (χ1) is 15.7. The Morgan fingerprint density at radius 1 is 1.06 bits per heavy atom. The van der Waals surface area contributed by atoms with E-state index in [1.165, 1.54) is 32.4 Å². The fourth-order valence-corrected chi connectivity index (χ4v) is 5.21. The van der Waals surface area contributed by atoms with Crippen molar-refractivity contribution in [2.24, 2.45) is 0 Å². The van der Waals surface area contributed by atoms with E-state index in [1.54, 1.807) is 0 Å². The summed E-state index contributed by atoms with van der Waals surface area (Å²) in [6.45, 7) is 0. The highest BCUT2D eigenvalue weighted by molar-refractivity contribution is 7.89. The van der Waals surface area contributed by atoms with Gasteiger partial charge in [-0.1, -0.05) is 18.9 Å². The van der Waals surface area contributed by atoms with Crippen molar-refractivity contribution in [3.05, 3.63) is 59.2 Å². The van der Waals surface area contributed by atoms with E-state index in [2.05, 4.69) is 15.4 Å². The van der Waals surface area contributed by atoms with Crippen molar-refractivity contribution in [1.82, 2.24) is 15.4 Å². The molecule has 0 heterocycles. The molecule has 0 spiro atoms. The lowest BCUT2D eigenvalue weighted by molar-refractivity contribution is -0.122. The number of likely N-dealkylation sites (N-methyl/N-ethyl adjacent to an activating group) is 1. The van der Waals surface area contributed by atoms with Gasteiger partial charge in [0.2, 0.25) is 15.9 Å². The van der Waals surface area contributed by atoms with Crippen molar-refractivity contribution in [1.29, 1.82) is 0 Å². The van der Waals surface area contributed by atoms with Crippen molar-refractivity contribution in [3.63, 3.8) is 0 Å². The van der Waals surface area contributed by atoms with Crippen molar-refractivity contribution >= 4 is 21.8 Å². The number of hydrogen-bond donors (Lipinski definition) is 3. The minimum absolute atomic E-state index is 0.0193. The Hall–Kier alpha value is -3.05. The number of hydrogen-bond acceptors (Lipinski definition) is 5. The van der Waals surface area contributed by atoms with Crippen LogP contribution in [-0.4, -0.2) is 40.4 Å². The molecule has 11 heteroatoms. The minimum Gasteiger partial charge on any atom is -0.495 e. The van der Waals surface area contributed by atoms with Crippen LogP contribution >= 0.6 is 0 Å². The van der Waals surface area contributed by atoms with Crippen molar-refractivity contribution in [3.8, 4) is 5.75 Å². The molecule has 0 radical (unpaired) electrons. The summed E-state index contributed by atoms with van der Waals surface area (Å²) >= 11 is 0. The molecule has 0 aliphatic heterocycles. The third-order valence-electron chi connectivity index (χ3n) is 5.45. The van der Waals surface area contributed by atoms with Crippen LogP contribution in [0.25, 0.3) is 0 Å². The summed E-state index contributed by atoms with van der Waals surface area (Å²) < 4.78 is 60.7. The maximum atomic E-state index is 13.7. The van der Waals surface area contributed by atoms with Gasteiger partial charge in [-0.2, -0.15) is 0 Å². The van der Waals surface area contributed by atoms with Crippen LogP contribution in [0, 0.1) is 11.6 Å². The Kier molecular flexibility index (Phi) is 7.65. The lowest BCUT2D eigenvalue weighted by Gasteiger charge is -2.19. The van der Waals surface area contributed by atoms with Gasteiger partial charge in [0.05, 0.1) is 7.11 Å². The van der Waals surface area contributed by atoms with Gasteiger partial charge in [-0.15, -0.1) is 0 Å². The van der Waals surface area contributed by atoms with Gasteiger partial charge in [-0.05, 0) is 48.7 Å². The maximum Gasteiger partial charge on any atom is 0.252 e. The second kappa shape index (κ2) is 10.3. The van der Waals surface area contributed by atoms with Crippen LogP contribution in [0.1, 0.15) is 47.6 Å². The molecule has 2 aromatic carbocycles. The maximum absolute atomic E-state index is 13.7. The Morgan fingerprint density at radius 3 is 2.36 bits per heavy atom. The molecule has 33 heavy (non-hydrogen) atoms. The fraction of sp³-hybridized carbons (Fsp3) is 0.364. The van der Waals surface area contributed by atoms with E-state index in [9.17, 15) is 26.8 Å². The lowest BCUT2D eigenvalue weighted by Crippen LogP contribution is -2.39. The van der Waals surface area contributed by atoms with Crippen molar-refractivity contribution < 1.29 is 31.5 Å². The van der Waals surface area contributed by atoms with Crippen molar-refractivity contribution in [2.75, 3.05) is 14.2 Å². The molecular weight excluding hydrogens is 456 g/mol. The monoisotopic (exact) mass is 481 g/mol. The first-order valence-corrected chi connectivity index (χ1v) is 11.8. The second-order valence-electron chi connectivity index (χ2n) is 7.66. The molecule has 3 N–H and O–H groups in total. The van der Waals surface area contributed by atoms with Gasteiger partial charge in [0, 0.05) is 18.7 Å². The van der Waals surface area contributed by atoms with E-state index in [-0.39, 0.29) is 27.8 Å². The molecular formula is C22H25F2N3O5S. The van der Waals surface area contributed by atoms with Gasteiger partial charge in [0.25, 0.3) is 5.91 Å². The number of benzene rings is 2. The predicted molar refractivity (Wildman–Crippen MR) is 116 cm³/mol. The minimum atomic E-state index is -3.98. The van der Waals surface area contributed by atoms with Gasteiger partial charge in [-0.3, -0.25) is 9.59 Å². The zero-order valence-corrected chi connectivity index (χ0v) is 19.0. The predicted octanol–water partition coefficient (Wildman–Crippen LogP) is 2.41. The summed E-state index contributed by atoms with van der Waals surface area (Å²) in [6.07, 6.45) is 3.31. The second-order valence-corrected chi connectivity index (χ2v) is 9.34. The summed E-state index contributed by atoms with van der Waals surface area (Å²) in [5, 5.41) is 4.79. The van der Waals surface area contributed by atoms with E-state index >= 15 is 0 Å². The average Bonchev–Trinajstić information content (AvgIpc) is 3.30. The fourth-order valence-electron chi connectivity index (χ4n) is 3.71. The summed E-state index contributed by atoms with van der Waals surface area (Å²) in [5.41, 5.74) is -0.0371. The number of nitrogens with one attached hydrogen (secondary N) is 3. The highest BCUT2D eigenvalue weighted by Gasteiger charge is 2.28. The number of carbonyl (C=O) groups is 2. The van der Waals surface area contributed by atoms with E-state index in [0.717, 1.165) is 43.9 Å². The summed E-state index contributed by atoms with van der Waals surface area (Å²) in [6, 6.07) is 5.13. The average molecular weight is 482 g/mol. The van der Waals surface area contributed by atoms with E-state index in [4.69, 9.17) is 4.74 Å². The zero-order chi connectivity index (χ0) is 24.2. The third kappa shape index (κ3) is 5.66. The van der Waals surface area contributed by atoms with Gasteiger partial charge in [-0.25, -0.2) is 21.9 Å². The van der Waals surface area contributed by atoms with Crippen LogP contribution in [0.15, 0.2) is 41.3 Å². The smallest absolute Gasteiger partial charge is 0.252 e. The third-order valence-corrected chi connectivity index (χ3v) is 7.00. The number of rotatable bonds is 8. The molecule has 1 aliphatic rings. The molecule has 178 valence electrons. The topological polar surface area (TPSA) is 114 Å². The van der Waals surface area contributed by atoms with E-state index < -0.39 is 39.5 Å². The first kappa shape index (κ1) is 24.6. The molecule has 2 aromatic rings. The molecule has 2 amide bonds. The molecule has 3 rings (SSSR count). The molecule has 1 fully saturated rings. The van der Waals surface area contributed by atoms with Crippen LogP contribution in [0.2, 0.25) is 0 Å². The van der Waals surface area contributed by atoms with Crippen LogP contribution in [0.3, 0.4) is 0 Å². The molecule has 1 atom stereocenters. The summed E-state index contributed by atoms with van der Waals surface area (Å²) in [4.78, 5) is 25.0. The van der Waals surface area contributed by atoms with Crippen LogP contribution in [0.5, 0.6) is 5.75 Å². The lowest BCUT2D eigenvalue weighted by atomic mass is 10.0. The van der Waals surface area contributed by atoms with Crippen LogP contribution in [0.4, 0.5) is 8.78 Å². The highest BCUT2D eigenvalue weighted by atomic mass is 32.2. The quantitative estimate of drug-likeness (QED) is 0.536. The molecule has 1 saturated carbocycles. The number of carbonyl (C=O) groups excluding carboxylic acids is 2. The SMILES string of the molecule is CNC(=O)C(NC(=O)c1ccc(OC)c(S(=O)(=O)NC2CCCC2)c1)c1ccc(F)c(F)c1. The van der Waals surface area contributed by atoms with E-state index in [0.29, 0.717) is 0 Å². The summed E-state index contributed by atoms with van der Waals surface area (Å²) in [7, 11) is -1.34. The Morgan fingerprint density at radius 2 is 1.76 bits per heavy atom. The molecule has 0 saturated heterocycles. The van der Waals surface area contributed by atoms with Crippen LogP contribution < -0.4 is 20.1 Å². The number of methoxy groups -OCH3 is 1. The molecule has 8 nitrogen and oxygen atoms in total. The number of halogens is 2. The molecule has 1 aliphatic carbocycles. The first-order valence-electron chi connectivity index (χ1n) is 10.3. The summed E-state index contributed by atoms with van der Waals surface area (Å²) in [5.74, 6) is -3.67. The van der Waals surface area contributed by atoms with Gasteiger partial charge in [0.1, 0.15) is 16.7 Å². The molecule has 0 aromatic heterocycles. The highest BCUT2D eigenvalue weighted by Crippen LogP contribution is 2.28. The zero-order valence-electron chi connectivity index (χ0n) is 18.2. The number of sulfonamides is 1. The van der Waals surface area contributed by atoms with Gasteiger partial charge < -0.3 is 15.4 Å². The van der Waals surface area contributed by atoms with Gasteiger partial charge >= 0.3 is 0 Å². The Labute approximate surface area is 190 Å². The normalized spacial score (nSPS) is 15.2.